The predicted molar refractivity (Wildman–Crippen MR) is 105 cm³/mol. The summed E-state index contributed by atoms with van der Waals surface area (Å²) in [6.45, 7) is 1.34. The zero-order valence-corrected chi connectivity index (χ0v) is 17.2. The first-order chi connectivity index (χ1) is 14.3. The largest absolute Gasteiger partial charge is 0.507 e. The Hall–Kier alpha value is -2.08. The number of halogens is 1. The number of primary amides is 1. The van der Waals surface area contributed by atoms with Gasteiger partial charge in [0, 0.05) is 28.5 Å². The van der Waals surface area contributed by atoms with E-state index in [1.807, 2.05) is 0 Å². The highest BCUT2D eigenvalue weighted by atomic mass is 35.5. The number of nitrogens with two attached hydrogens (primary N) is 2. The van der Waals surface area contributed by atoms with Gasteiger partial charge in [-0.3, -0.25) is 14.4 Å². The number of aromatic hydroxyl groups is 1. The van der Waals surface area contributed by atoms with Crippen molar-refractivity contribution in [1.82, 2.24) is 0 Å². The number of aliphatic hydroxyl groups excluding tert-OH is 2. The maximum absolute atomic E-state index is 13.3. The lowest BCUT2D eigenvalue weighted by molar-refractivity contribution is -0.221. The number of amides is 1. The van der Waals surface area contributed by atoms with Crippen molar-refractivity contribution in [3.05, 3.63) is 28.3 Å². The third-order valence-corrected chi connectivity index (χ3v) is 7.71. The Labute approximate surface area is 181 Å². The summed E-state index contributed by atoms with van der Waals surface area (Å²) in [5.41, 5.74) is 6.38. The van der Waals surface area contributed by atoms with Gasteiger partial charge in [-0.2, -0.15) is 0 Å². The van der Waals surface area contributed by atoms with Crippen molar-refractivity contribution in [2.75, 3.05) is 0 Å². The van der Waals surface area contributed by atoms with E-state index in [1.54, 1.807) is 0 Å². The van der Waals surface area contributed by atoms with Crippen LogP contribution >= 0.6 is 11.6 Å². The van der Waals surface area contributed by atoms with E-state index in [-0.39, 0.29) is 22.6 Å². The van der Waals surface area contributed by atoms with Crippen LogP contribution in [0.4, 0.5) is 0 Å². The molecule has 11 heteroatoms. The average Bonchev–Trinajstić information content (AvgIpc) is 2.67. The topological polar surface area (TPSA) is 204 Å². The number of carbonyl (C=O) groups is 3. The molecular formula is C20H23ClN2O8. The van der Waals surface area contributed by atoms with Crippen LogP contribution in [0.25, 0.3) is 0 Å². The summed E-state index contributed by atoms with van der Waals surface area (Å²) in [6, 6.07) is 1.11. The first-order valence-electron chi connectivity index (χ1n) is 9.74. The first-order valence-corrected chi connectivity index (χ1v) is 10.1. The predicted octanol–water partition coefficient (Wildman–Crippen LogP) is -1.83. The highest BCUT2D eigenvalue weighted by Gasteiger charge is 2.70. The minimum atomic E-state index is -2.67. The van der Waals surface area contributed by atoms with Crippen LogP contribution in [0.2, 0.25) is 5.02 Å². The summed E-state index contributed by atoms with van der Waals surface area (Å²) in [6.07, 6.45) is -4.06. The zero-order valence-electron chi connectivity index (χ0n) is 16.4. The summed E-state index contributed by atoms with van der Waals surface area (Å²) >= 11 is 6.22. The molecule has 3 aliphatic rings. The molecule has 0 heterocycles. The molecule has 1 aromatic carbocycles. The Morgan fingerprint density at radius 2 is 1.81 bits per heavy atom. The quantitative estimate of drug-likeness (QED) is 0.238. The Kier molecular flexibility index (Phi) is 4.79. The summed E-state index contributed by atoms with van der Waals surface area (Å²) in [4.78, 5) is 38.1. The summed E-state index contributed by atoms with van der Waals surface area (Å²) in [5.74, 6) is -9.54. The first kappa shape index (κ1) is 22.1. The van der Waals surface area contributed by atoms with Crippen molar-refractivity contribution in [1.29, 1.82) is 0 Å². The summed E-state index contributed by atoms with van der Waals surface area (Å²) in [5, 5.41) is 54.5. The molecule has 0 saturated heterocycles. The fourth-order valence-electron chi connectivity index (χ4n) is 5.82. The number of carbonyl (C=O) groups excluding carboxylic acids is 3. The second-order valence-electron chi connectivity index (χ2n) is 8.89. The number of hydrogen-bond acceptors (Lipinski definition) is 9. The number of Topliss-reactive ketones (excluding diaryl/α,β-unsaturated/α-hetero) is 2. The molecule has 0 aliphatic heterocycles. The molecule has 1 amide bonds. The number of benzene rings is 1. The van der Waals surface area contributed by atoms with Crippen LogP contribution in [-0.4, -0.2) is 66.9 Å². The number of phenolic OH excluding ortho intramolecular Hbond substituents is 1. The lowest BCUT2D eigenvalue weighted by Gasteiger charge is -2.58. The molecular weight excluding hydrogens is 432 g/mol. The number of rotatable bonds is 1. The number of phenols is 1. The number of fused-ring (bicyclic) bond motifs is 3. The summed E-state index contributed by atoms with van der Waals surface area (Å²) < 4.78 is 0. The van der Waals surface area contributed by atoms with Crippen molar-refractivity contribution >= 4 is 29.1 Å². The van der Waals surface area contributed by atoms with Crippen molar-refractivity contribution in [2.45, 2.75) is 42.8 Å². The number of hydrogen-bond donors (Lipinski definition) is 7. The monoisotopic (exact) mass is 454 g/mol. The maximum Gasteiger partial charge on any atom is 0.230 e. The Bertz CT molecular complexity index is 1010. The molecule has 1 aromatic rings. The molecule has 9 atom stereocenters. The van der Waals surface area contributed by atoms with Gasteiger partial charge in [-0.05, 0) is 25.5 Å². The van der Waals surface area contributed by atoms with E-state index in [9.17, 15) is 39.9 Å². The molecule has 0 spiro atoms. The molecule has 31 heavy (non-hydrogen) atoms. The van der Waals surface area contributed by atoms with Gasteiger partial charge in [-0.1, -0.05) is 11.6 Å². The molecule has 0 unspecified atom stereocenters. The molecule has 2 fully saturated rings. The van der Waals surface area contributed by atoms with Gasteiger partial charge < -0.3 is 37.0 Å². The third-order valence-electron chi connectivity index (χ3n) is 7.39. The van der Waals surface area contributed by atoms with Gasteiger partial charge in [-0.15, -0.1) is 0 Å². The Morgan fingerprint density at radius 1 is 1.19 bits per heavy atom. The fourth-order valence-corrected chi connectivity index (χ4v) is 6.17. The van der Waals surface area contributed by atoms with Gasteiger partial charge in [0.1, 0.15) is 17.8 Å². The molecule has 2 saturated carbocycles. The molecule has 0 radical (unpaired) electrons. The van der Waals surface area contributed by atoms with E-state index in [4.69, 9.17) is 23.1 Å². The van der Waals surface area contributed by atoms with Crippen molar-refractivity contribution in [3.8, 4) is 5.75 Å². The fraction of sp³-hybridized carbons (Fsp3) is 0.550. The van der Waals surface area contributed by atoms with Crippen LogP contribution in [-0.2, 0) is 15.2 Å². The number of ketones is 2. The SMILES string of the molecule is C[C@@]1(O)c2c(Cl)ccc(O)c2C(=O)[C@@H]2[C@H](O)[C@]3(O)C(=O)[C@H](C(N)=O)[C@H](O)[C@@H](N)[C@@H]3C[C@@H]21. The van der Waals surface area contributed by atoms with E-state index < -0.39 is 76.3 Å². The van der Waals surface area contributed by atoms with E-state index in [0.717, 1.165) is 6.07 Å². The minimum absolute atomic E-state index is 0.0118. The van der Waals surface area contributed by atoms with E-state index in [0.29, 0.717) is 0 Å². The average molecular weight is 455 g/mol. The van der Waals surface area contributed by atoms with E-state index in [2.05, 4.69) is 0 Å². The van der Waals surface area contributed by atoms with Crippen LogP contribution < -0.4 is 11.5 Å². The molecule has 168 valence electrons. The van der Waals surface area contributed by atoms with E-state index >= 15 is 0 Å². The zero-order chi connectivity index (χ0) is 23.2. The molecule has 9 N–H and O–H groups in total. The van der Waals surface area contributed by atoms with Crippen LogP contribution in [0.5, 0.6) is 5.75 Å². The lowest BCUT2D eigenvalue weighted by Crippen LogP contribution is -2.76. The van der Waals surface area contributed by atoms with Gasteiger partial charge >= 0.3 is 0 Å². The van der Waals surface area contributed by atoms with Gasteiger partial charge in [0.2, 0.25) is 5.91 Å². The summed E-state index contributed by atoms with van der Waals surface area (Å²) in [7, 11) is 0. The minimum Gasteiger partial charge on any atom is -0.507 e. The highest BCUT2D eigenvalue weighted by molar-refractivity contribution is 6.32. The second-order valence-corrected chi connectivity index (χ2v) is 9.29. The smallest absolute Gasteiger partial charge is 0.230 e. The van der Waals surface area contributed by atoms with Crippen LogP contribution in [0, 0.1) is 23.7 Å². The maximum atomic E-state index is 13.3. The van der Waals surface area contributed by atoms with Crippen molar-refractivity contribution < 1.29 is 39.9 Å². The number of aliphatic hydroxyl groups is 4. The Balaban J connectivity index is 1.92. The van der Waals surface area contributed by atoms with Crippen LogP contribution in [0.1, 0.15) is 29.3 Å². The standard InChI is InChI=1S/C20H23ClN2O8/c1-19(30)5-4-6-13(22)15(26)11(18(23)29)17(28)20(6,31)16(27)9(5)14(25)10-8(24)3-2-7(21)12(10)19/h2-3,5-6,9,11,13,15-16,24,26-27,30-31H,4,22H2,1H3,(H2,23,29)/t5-,6-,9+,11+,13-,15-,16-,19-,20-/m0/s1. The van der Waals surface area contributed by atoms with Gasteiger partial charge in [0.05, 0.1) is 23.2 Å². The molecule has 10 nitrogen and oxygen atoms in total. The highest BCUT2D eigenvalue weighted by Crippen LogP contribution is 2.57. The molecule has 3 aliphatic carbocycles. The van der Waals surface area contributed by atoms with Crippen molar-refractivity contribution in [3.63, 3.8) is 0 Å². The second kappa shape index (κ2) is 6.71. The lowest BCUT2D eigenvalue weighted by atomic mass is 9.49. The molecule has 0 bridgehead atoms. The molecule has 0 aromatic heterocycles. The van der Waals surface area contributed by atoms with Gasteiger partial charge in [0.25, 0.3) is 0 Å². The van der Waals surface area contributed by atoms with Crippen molar-refractivity contribution in [2.24, 2.45) is 35.1 Å². The van der Waals surface area contributed by atoms with Crippen LogP contribution in [0.15, 0.2) is 12.1 Å². The van der Waals surface area contributed by atoms with Gasteiger partial charge in [0.15, 0.2) is 17.2 Å². The van der Waals surface area contributed by atoms with E-state index in [1.165, 1.54) is 13.0 Å². The van der Waals surface area contributed by atoms with Crippen LogP contribution in [0.3, 0.4) is 0 Å². The van der Waals surface area contributed by atoms with Gasteiger partial charge in [-0.25, -0.2) is 0 Å². The normalized spacial score (nSPS) is 44.3. The Morgan fingerprint density at radius 3 is 2.39 bits per heavy atom. The molecule has 4 rings (SSSR count). The third kappa shape index (κ3) is 2.60.